The Morgan fingerprint density at radius 2 is 1.95 bits per heavy atom. The van der Waals surface area contributed by atoms with Crippen molar-refractivity contribution in [1.29, 1.82) is 0 Å². The summed E-state index contributed by atoms with van der Waals surface area (Å²) in [5, 5.41) is 12.7. The molecule has 0 aromatic heterocycles. The van der Waals surface area contributed by atoms with Crippen molar-refractivity contribution >= 4 is 11.8 Å². The number of aliphatic hydroxyl groups is 1. The predicted octanol–water partition coefficient (Wildman–Crippen LogP) is 1.30. The lowest BCUT2D eigenvalue weighted by Crippen LogP contribution is -2.54. The maximum atomic E-state index is 12.5. The van der Waals surface area contributed by atoms with Crippen LogP contribution in [0.5, 0.6) is 0 Å². The third-order valence-electron chi connectivity index (χ3n) is 4.85. The zero-order chi connectivity index (χ0) is 15.5. The van der Waals surface area contributed by atoms with Gasteiger partial charge in [0.2, 0.25) is 11.8 Å². The summed E-state index contributed by atoms with van der Waals surface area (Å²) < 4.78 is 0. The van der Waals surface area contributed by atoms with Crippen LogP contribution in [0, 0.1) is 11.8 Å². The van der Waals surface area contributed by atoms with Crippen molar-refractivity contribution in [3.8, 4) is 0 Å². The molecule has 1 aliphatic carbocycles. The van der Waals surface area contributed by atoms with E-state index in [1.54, 1.807) is 0 Å². The van der Waals surface area contributed by atoms with Gasteiger partial charge in [0.1, 0.15) is 0 Å². The molecule has 0 spiro atoms. The van der Waals surface area contributed by atoms with Crippen LogP contribution in [0.15, 0.2) is 0 Å². The molecule has 21 heavy (non-hydrogen) atoms. The minimum absolute atomic E-state index is 0.00667. The van der Waals surface area contributed by atoms with E-state index in [1.165, 1.54) is 0 Å². The number of hydrogen-bond acceptors (Lipinski definition) is 3. The average Bonchev–Trinajstić information content (AvgIpc) is 2.95. The first-order chi connectivity index (χ1) is 9.97. The van der Waals surface area contributed by atoms with Crippen molar-refractivity contribution in [1.82, 2.24) is 10.2 Å². The summed E-state index contributed by atoms with van der Waals surface area (Å²) in [6.45, 7) is 5.08. The van der Waals surface area contributed by atoms with E-state index in [9.17, 15) is 14.7 Å². The van der Waals surface area contributed by atoms with Crippen LogP contribution in [-0.4, -0.2) is 47.1 Å². The fourth-order valence-corrected chi connectivity index (χ4v) is 3.49. The number of hydrogen-bond donors (Lipinski definition) is 2. The van der Waals surface area contributed by atoms with Gasteiger partial charge in [-0.1, -0.05) is 26.7 Å². The van der Waals surface area contributed by atoms with Crippen molar-refractivity contribution in [3.63, 3.8) is 0 Å². The first-order valence-electron chi connectivity index (χ1n) is 8.19. The highest BCUT2D eigenvalue weighted by molar-refractivity contribution is 5.82. The minimum atomic E-state index is -0.415. The van der Waals surface area contributed by atoms with Crippen LogP contribution in [0.1, 0.15) is 52.4 Å². The molecule has 5 nitrogen and oxygen atoms in total. The zero-order valence-electron chi connectivity index (χ0n) is 13.2. The summed E-state index contributed by atoms with van der Waals surface area (Å²) in [5.41, 5.74) is -0.415. The van der Waals surface area contributed by atoms with Gasteiger partial charge in [-0.2, -0.15) is 0 Å². The lowest BCUT2D eigenvalue weighted by molar-refractivity contribution is -0.139. The topological polar surface area (TPSA) is 69.6 Å². The minimum Gasteiger partial charge on any atom is -0.394 e. The van der Waals surface area contributed by atoms with Gasteiger partial charge in [0.05, 0.1) is 18.1 Å². The molecule has 2 amide bonds. The summed E-state index contributed by atoms with van der Waals surface area (Å²) in [6.07, 6.45) is 5.54. The van der Waals surface area contributed by atoms with Crippen molar-refractivity contribution in [2.24, 2.45) is 11.8 Å². The Morgan fingerprint density at radius 1 is 1.29 bits per heavy atom. The molecule has 0 bridgehead atoms. The molecule has 1 saturated carbocycles. The smallest absolute Gasteiger partial charge is 0.225 e. The molecular formula is C16H28N2O3. The van der Waals surface area contributed by atoms with Crippen LogP contribution in [0.4, 0.5) is 0 Å². The number of amides is 2. The highest BCUT2D eigenvalue weighted by Gasteiger charge is 2.37. The second kappa shape index (κ2) is 6.77. The number of rotatable bonds is 4. The molecular weight excluding hydrogens is 268 g/mol. The molecule has 1 unspecified atom stereocenters. The van der Waals surface area contributed by atoms with Crippen molar-refractivity contribution < 1.29 is 14.7 Å². The lowest BCUT2D eigenvalue weighted by atomic mass is 9.93. The standard InChI is InChI=1S/C16H28N2O3/c1-12(2)15(21)18-9-5-6-13(10-18)14(20)17-16(11-19)7-3-4-8-16/h12-13,19H,3-11H2,1-2H3,(H,17,20). The van der Waals surface area contributed by atoms with Gasteiger partial charge in [0.15, 0.2) is 0 Å². The Morgan fingerprint density at radius 3 is 2.52 bits per heavy atom. The van der Waals surface area contributed by atoms with Crippen LogP contribution < -0.4 is 5.32 Å². The Balaban J connectivity index is 1.94. The monoisotopic (exact) mass is 296 g/mol. The number of aliphatic hydroxyl groups excluding tert-OH is 1. The molecule has 1 aliphatic heterocycles. The van der Waals surface area contributed by atoms with Gasteiger partial charge in [0, 0.05) is 19.0 Å². The van der Waals surface area contributed by atoms with Crippen molar-refractivity contribution in [2.75, 3.05) is 19.7 Å². The van der Waals surface area contributed by atoms with E-state index in [-0.39, 0.29) is 30.3 Å². The molecule has 2 aliphatic rings. The third-order valence-corrected chi connectivity index (χ3v) is 4.85. The molecule has 0 radical (unpaired) electrons. The van der Waals surface area contributed by atoms with Crippen LogP contribution in [0.2, 0.25) is 0 Å². The fourth-order valence-electron chi connectivity index (χ4n) is 3.49. The second-order valence-electron chi connectivity index (χ2n) is 6.91. The first-order valence-corrected chi connectivity index (χ1v) is 8.19. The van der Waals surface area contributed by atoms with Gasteiger partial charge in [0.25, 0.3) is 0 Å². The molecule has 2 rings (SSSR count). The fraction of sp³-hybridized carbons (Fsp3) is 0.875. The molecule has 1 saturated heterocycles. The van der Waals surface area contributed by atoms with E-state index in [2.05, 4.69) is 5.32 Å². The summed E-state index contributed by atoms with van der Waals surface area (Å²) in [7, 11) is 0. The van der Waals surface area contributed by atoms with Gasteiger partial charge < -0.3 is 15.3 Å². The highest BCUT2D eigenvalue weighted by Crippen LogP contribution is 2.30. The van der Waals surface area contributed by atoms with Gasteiger partial charge >= 0.3 is 0 Å². The van der Waals surface area contributed by atoms with Crippen LogP contribution in [-0.2, 0) is 9.59 Å². The number of carbonyl (C=O) groups excluding carboxylic acids is 2. The maximum absolute atomic E-state index is 12.5. The molecule has 0 aromatic rings. The van der Waals surface area contributed by atoms with E-state index in [0.29, 0.717) is 6.54 Å². The van der Waals surface area contributed by atoms with Gasteiger partial charge in [-0.3, -0.25) is 9.59 Å². The molecule has 5 heteroatoms. The van der Waals surface area contributed by atoms with Gasteiger partial charge in [-0.25, -0.2) is 0 Å². The Labute approximate surface area is 127 Å². The summed E-state index contributed by atoms with van der Waals surface area (Å²) in [5.74, 6) is -0.0200. The zero-order valence-corrected chi connectivity index (χ0v) is 13.2. The van der Waals surface area contributed by atoms with Gasteiger partial charge in [-0.15, -0.1) is 0 Å². The van der Waals surface area contributed by atoms with E-state index >= 15 is 0 Å². The number of likely N-dealkylation sites (tertiary alicyclic amines) is 1. The highest BCUT2D eigenvalue weighted by atomic mass is 16.3. The SMILES string of the molecule is CC(C)C(=O)N1CCCC(C(=O)NC2(CO)CCCC2)C1. The average molecular weight is 296 g/mol. The van der Waals surface area contributed by atoms with E-state index < -0.39 is 5.54 Å². The number of carbonyl (C=O) groups is 2. The quantitative estimate of drug-likeness (QED) is 0.821. The van der Waals surface area contributed by atoms with E-state index in [4.69, 9.17) is 0 Å². The van der Waals surface area contributed by atoms with Crippen molar-refractivity contribution in [2.45, 2.75) is 57.9 Å². The second-order valence-corrected chi connectivity index (χ2v) is 6.91. The summed E-state index contributed by atoms with van der Waals surface area (Å²) in [4.78, 5) is 26.4. The summed E-state index contributed by atoms with van der Waals surface area (Å²) >= 11 is 0. The lowest BCUT2D eigenvalue weighted by Gasteiger charge is -2.36. The Kier molecular flexibility index (Phi) is 5.25. The van der Waals surface area contributed by atoms with Crippen LogP contribution >= 0.6 is 0 Å². The molecule has 120 valence electrons. The normalized spacial score (nSPS) is 25.1. The summed E-state index contributed by atoms with van der Waals surface area (Å²) in [6, 6.07) is 0. The molecule has 0 aromatic carbocycles. The maximum Gasteiger partial charge on any atom is 0.225 e. The number of nitrogens with one attached hydrogen (secondary N) is 1. The Hall–Kier alpha value is -1.10. The molecule has 1 atom stereocenters. The van der Waals surface area contributed by atoms with Crippen molar-refractivity contribution in [3.05, 3.63) is 0 Å². The molecule has 2 fully saturated rings. The number of piperidine rings is 1. The first kappa shape index (κ1) is 16.3. The predicted molar refractivity (Wildman–Crippen MR) is 80.6 cm³/mol. The molecule has 1 heterocycles. The Bertz CT molecular complexity index is 389. The van der Waals surface area contributed by atoms with Crippen LogP contribution in [0.25, 0.3) is 0 Å². The number of nitrogens with zero attached hydrogens (tertiary/aromatic N) is 1. The molecule has 2 N–H and O–H groups in total. The van der Waals surface area contributed by atoms with E-state index in [1.807, 2.05) is 18.7 Å². The van der Waals surface area contributed by atoms with Crippen LogP contribution in [0.3, 0.4) is 0 Å². The van der Waals surface area contributed by atoms with E-state index in [0.717, 1.165) is 45.1 Å². The third kappa shape index (κ3) is 3.76. The largest absolute Gasteiger partial charge is 0.394 e. The van der Waals surface area contributed by atoms with Gasteiger partial charge in [-0.05, 0) is 25.7 Å².